The SMILES string of the molecule is CCc1cccc(C(N)c2cc(Br)ccc2C)c1. The van der Waals surface area contributed by atoms with Crippen LogP contribution in [0.25, 0.3) is 0 Å². The van der Waals surface area contributed by atoms with E-state index in [9.17, 15) is 0 Å². The number of benzene rings is 2. The van der Waals surface area contributed by atoms with Crippen LogP contribution in [0.5, 0.6) is 0 Å². The van der Waals surface area contributed by atoms with Gasteiger partial charge in [0.2, 0.25) is 0 Å². The first-order chi connectivity index (χ1) is 8.61. The second-order valence-electron chi connectivity index (χ2n) is 4.58. The zero-order valence-electron chi connectivity index (χ0n) is 10.8. The summed E-state index contributed by atoms with van der Waals surface area (Å²) >= 11 is 3.51. The molecule has 2 N–H and O–H groups in total. The lowest BCUT2D eigenvalue weighted by Crippen LogP contribution is -2.13. The number of halogens is 1. The second kappa shape index (κ2) is 5.68. The summed E-state index contributed by atoms with van der Waals surface area (Å²) in [5, 5.41) is 0. The Balaban J connectivity index is 2.40. The molecule has 0 fully saturated rings. The van der Waals surface area contributed by atoms with Crippen molar-refractivity contribution in [1.29, 1.82) is 0 Å². The smallest absolute Gasteiger partial charge is 0.0554 e. The van der Waals surface area contributed by atoms with Crippen LogP contribution in [0.1, 0.15) is 35.2 Å². The highest BCUT2D eigenvalue weighted by Crippen LogP contribution is 2.26. The molecule has 1 atom stereocenters. The third kappa shape index (κ3) is 2.82. The Kier molecular flexibility index (Phi) is 4.20. The van der Waals surface area contributed by atoms with E-state index in [2.05, 4.69) is 66.2 Å². The van der Waals surface area contributed by atoms with Crippen molar-refractivity contribution in [3.63, 3.8) is 0 Å². The summed E-state index contributed by atoms with van der Waals surface area (Å²) in [5.41, 5.74) is 11.3. The lowest BCUT2D eigenvalue weighted by molar-refractivity contribution is 0.857. The van der Waals surface area contributed by atoms with Gasteiger partial charge in [-0.1, -0.05) is 53.2 Å². The molecule has 0 heterocycles. The van der Waals surface area contributed by atoms with Crippen LogP contribution in [0.3, 0.4) is 0 Å². The Morgan fingerprint density at radius 3 is 2.67 bits per heavy atom. The fraction of sp³-hybridized carbons (Fsp3) is 0.250. The van der Waals surface area contributed by atoms with Gasteiger partial charge < -0.3 is 5.73 Å². The molecule has 0 aliphatic heterocycles. The lowest BCUT2D eigenvalue weighted by atomic mass is 9.94. The number of rotatable bonds is 3. The van der Waals surface area contributed by atoms with Gasteiger partial charge in [0.15, 0.2) is 0 Å². The lowest BCUT2D eigenvalue weighted by Gasteiger charge is -2.16. The molecule has 1 unspecified atom stereocenters. The van der Waals surface area contributed by atoms with Gasteiger partial charge in [0.1, 0.15) is 0 Å². The summed E-state index contributed by atoms with van der Waals surface area (Å²) in [7, 11) is 0. The predicted octanol–water partition coefficient (Wildman–Crippen LogP) is 4.37. The molecule has 0 bridgehead atoms. The van der Waals surface area contributed by atoms with Gasteiger partial charge in [-0.05, 0) is 47.7 Å². The zero-order valence-corrected chi connectivity index (χ0v) is 12.4. The third-order valence-corrected chi connectivity index (χ3v) is 3.79. The van der Waals surface area contributed by atoms with E-state index >= 15 is 0 Å². The van der Waals surface area contributed by atoms with Crippen LogP contribution in [0.15, 0.2) is 46.9 Å². The van der Waals surface area contributed by atoms with E-state index in [1.54, 1.807) is 0 Å². The summed E-state index contributed by atoms with van der Waals surface area (Å²) < 4.78 is 1.07. The molecule has 0 saturated heterocycles. The molecule has 0 aromatic heterocycles. The molecule has 2 aromatic carbocycles. The highest BCUT2D eigenvalue weighted by molar-refractivity contribution is 9.10. The topological polar surface area (TPSA) is 26.0 Å². The van der Waals surface area contributed by atoms with Crippen LogP contribution in [0.2, 0.25) is 0 Å². The minimum absolute atomic E-state index is 0.0611. The molecular formula is C16H18BrN. The Bertz CT molecular complexity index is 549. The van der Waals surface area contributed by atoms with Crippen molar-refractivity contribution in [3.05, 3.63) is 69.2 Å². The average Bonchev–Trinajstić information content (AvgIpc) is 2.41. The Morgan fingerprint density at radius 1 is 1.17 bits per heavy atom. The van der Waals surface area contributed by atoms with E-state index in [4.69, 9.17) is 5.73 Å². The molecule has 0 amide bonds. The summed E-state index contributed by atoms with van der Waals surface area (Å²) in [5.74, 6) is 0. The minimum atomic E-state index is -0.0611. The first-order valence-corrected chi connectivity index (χ1v) is 7.01. The summed E-state index contributed by atoms with van der Waals surface area (Å²) in [6.45, 7) is 4.26. The average molecular weight is 304 g/mol. The number of aryl methyl sites for hydroxylation is 2. The Morgan fingerprint density at radius 2 is 1.94 bits per heavy atom. The van der Waals surface area contributed by atoms with E-state index < -0.39 is 0 Å². The van der Waals surface area contributed by atoms with Gasteiger partial charge in [-0.25, -0.2) is 0 Å². The van der Waals surface area contributed by atoms with Crippen LogP contribution in [-0.2, 0) is 6.42 Å². The molecule has 0 saturated carbocycles. The molecular weight excluding hydrogens is 286 g/mol. The van der Waals surface area contributed by atoms with Gasteiger partial charge in [0.25, 0.3) is 0 Å². The van der Waals surface area contributed by atoms with E-state index in [1.165, 1.54) is 22.3 Å². The summed E-state index contributed by atoms with van der Waals surface area (Å²) in [4.78, 5) is 0. The van der Waals surface area contributed by atoms with Gasteiger partial charge in [-0.3, -0.25) is 0 Å². The van der Waals surface area contributed by atoms with Crippen LogP contribution in [0, 0.1) is 6.92 Å². The molecule has 0 aliphatic carbocycles. The van der Waals surface area contributed by atoms with Gasteiger partial charge in [0.05, 0.1) is 6.04 Å². The molecule has 1 nitrogen and oxygen atoms in total. The molecule has 0 aliphatic rings. The van der Waals surface area contributed by atoms with Crippen molar-refractivity contribution in [3.8, 4) is 0 Å². The number of nitrogens with two attached hydrogens (primary N) is 1. The Hall–Kier alpha value is -1.12. The quantitative estimate of drug-likeness (QED) is 0.895. The van der Waals surface area contributed by atoms with Crippen molar-refractivity contribution in [2.45, 2.75) is 26.3 Å². The Labute approximate surface area is 117 Å². The molecule has 2 heteroatoms. The standard InChI is InChI=1S/C16H18BrN/c1-3-12-5-4-6-13(9-12)16(18)15-10-14(17)8-7-11(15)2/h4-10,16H,3,18H2,1-2H3. The van der Waals surface area contributed by atoms with E-state index in [0.29, 0.717) is 0 Å². The predicted molar refractivity (Wildman–Crippen MR) is 80.7 cm³/mol. The fourth-order valence-corrected chi connectivity index (χ4v) is 2.51. The maximum atomic E-state index is 6.39. The number of hydrogen-bond acceptors (Lipinski definition) is 1. The minimum Gasteiger partial charge on any atom is -0.320 e. The molecule has 2 aromatic rings. The summed E-state index contributed by atoms with van der Waals surface area (Å²) in [6.07, 6.45) is 1.04. The van der Waals surface area contributed by atoms with Crippen molar-refractivity contribution in [2.24, 2.45) is 5.73 Å². The van der Waals surface area contributed by atoms with Crippen molar-refractivity contribution >= 4 is 15.9 Å². The maximum Gasteiger partial charge on any atom is 0.0554 e. The van der Waals surface area contributed by atoms with Gasteiger partial charge in [-0.15, -0.1) is 0 Å². The largest absolute Gasteiger partial charge is 0.320 e. The molecule has 0 spiro atoms. The second-order valence-corrected chi connectivity index (χ2v) is 5.49. The highest BCUT2D eigenvalue weighted by Gasteiger charge is 2.12. The van der Waals surface area contributed by atoms with Crippen molar-refractivity contribution in [1.82, 2.24) is 0 Å². The van der Waals surface area contributed by atoms with Crippen LogP contribution in [-0.4, -0.2) is 0 Å². The van der Waals surface area contributed by atoms with Crippen LogP contribution in [0.4, 0.5) is 0 Å². The maximum absolute atomic E-state index is 6.39. The molecule has 2 rings (SSSR count). The van der Waals surface area contributed by atoms with Crippen molar-refractivity contribution in [2.75, 3.05) is 0 Å². The van der Waals surface area contributed by atoms with Crippen LogP contribution < -0.4 is 5.73 Å². The monoisotopic (exact) mass is 303 g/mol. The van der Waals surface area contributed by atoms with E-state index in [1.807, 2.05) is 6.07 Å². The number of hydrogen-bond donors (Lipinski definition) is 1. The first-order valence-electron chi connectivity index (χ1n) is 6.22. The van der Waals surface area contributed by atoms with Crippen molar-refractivity contribution < 1.29 is 0 Å². The van der Waals surface area contributed by atoms with Gasteiger partial charge in [-0.2, -0.15) is 0 Å². The van der Waals surface area contributed by atoms with Gasteiger partial charge in [0, 0.05) is 4.47 Å². The third-order valence-electron chi connectivity index (χ3n) is 3.29. The first kappa shape index (κ1) is 13.3. The molecule has 94 valence electrons. The molecule has 0 radical (unpaired) electrons. The van der Waals surface area contributed by atoms with E-state index in [-0.39, 0.29) is 6.04 Å². The highest BCUT2D eigenvalue weighted by atomic mass is 79.9. The molecule has 18 heavy (non-hydrogen) atoms. The fourth-order valence-electron chi connectivity index (χ4n) is 2.13. The normalized spacial score (nSPS) is 12.4. The zero-order chi connectivity index (χ0) is 13.1. The van der Waals surface area contributed by atoms with Gasteiger partial charge >= 0.3 is 0 Å². The summed E-state index contributed by atoms with van der Waals surface area (Å²) in [6, 6.07) is 14.7. The van der Waals surface area contributed by atoms with Crippen LogP contribution >= 0.6 is 15.9 Å². The van der Waals surface area contributed by atoms with E-state index in [0.717, 1.165) is 10.9 Å².